The Balaban J connectivity index is 2.10. The SMILES string of the molecule is O=S(=O)(Nc1nccc(Cl)n1)c1c(Cl)nc2ccccn12. The first-order valence-electron chi connectivity index (χ1n) is 5.61. The summed E-state index contributed by atoms with van der Waals surface area (Å²) in [7, 11) is -4.01. The number of hydrogen-bond donors (Lipinski definition) is 1. The normalized spacial score (nSPS) is 11.7. The number of aromatic nitrogens is 4. The molecule has 108 valence electrons. The van der Waals surface area contributed by atoms with Crippen molar-refractivity contribution < 1.29 is 8.42 Å². The van der Waals surface area contributed by atoms with Crippen molar-refractivity contribution in [2.24, 2.45) is 0 Å². The molecule has 0 atom stereocenters. The predicted octanol–water partition coefficient (Wildman–Crippen LogP) is 2.23. The fourth-order valence-electron chi connectivity index (χ4n) is 1.74. The van der Waals surface area contributed by atoms with E-state index in [1.54, 1.807) is 24.4 Å². The average Bonchev–Trinajstić information content (AvgIpc) is 2.74. The molecule has 0 saturated carbocycles. The first kappa shape index (κ1) is 14.1. The van der Waals surface area contributed by atoms with Crippen LogP contribution in [0.25, 0.3) is 5.65 Å². The van der Waals surface area contributed by atoms with Gasteiger partial charge in [-0.15, -0.1) is 0 Å². The lowest BCUT2D eigenvalue weighted by Gasteiger charge is -2.06. The summed E-state index contributed by atoms with van der Waals surface area (Å²) in [6.45, 7) is 0. The van der Waals surface area contributed by atoms with Crippen molar-refractivity contribution in [3.8, 4) is 0 Å². The van der Waals surface area contributed by atoms with Crippen LogP contribution in [0.4, 0.5) is 5.95 Å². The molecule has 0 aliphatic heterocycles. The van der Waals surface area contributed by atoms with Crippen molar-refractivity contribution in [3.05, 3.63) is 47.0 Å². The molecule has 10 heteroatoms. The third-order valence-corrected chi connectivity index (χ3v) is 4.48. The number of imidazole rings is 1. The molecule has 0 radical (unpaired) electrons. The smallest absolute Gasteiger partial charge is 0.283 e. The van der Waals surface area contributed by atoms with Crippen molar-refractivity contribution in [1.29, 1.82) is 0 Å². The van der Waals surface area contributed by atoms with Gasteiger partial charge in [-0.1, -0.05) is 29.3 Å². The molecule has 0 bridgehead atoms. The van der Waals surface area contributed by atoms with Gasteiger partial charge < -0.3 is 0 Å². The molecule has 0 unspecified atom stereocenters. The molecule has 0 saturated heterocycles. The van der Waals surface area contributed by atoms with Gasteiger partial charge in [0.15, 0.2) is 10.2 Å². The monoisotopic (exact) mass is 343 g/mol. The third-order valence-electron chi connectivity index (χ3n) is 2.55. The summed E-state index contributed by atoms with van der Waals surface area (Å²) in [6, 6.07) is 6.46. The van der Waals surface area contributed by atoms with Crippen LogP contribution in [0.2, 0.25) is 10.3 Å². The molecule has 0 aliphatic rings. The van der Waals surface area contributed by atoms with Crippen molar-refractivity contribution in [2.45, 2.75) is 5.03 Å². The van der Waals surface area contributed by atoms with E-state index in [1.165, 1.54) is 16.7 Å². The highest BCUT2D eigenvalue weighted by atomic mass is 35.5. The van der Waals surface area contributed by atoms with E-state index in [4.69, 9.17) is 23.2 Å². The Labute approximate surface area is 129 Å². The molecular weight excluding hydrogens is 337 g/mol. The first-order chi connectivity index (χ1) is 9.97. The standard InChI is InChI=1S/C11H7Cl2N5O2S/c12-7-4-5-14-11(15-7)17-21(19,20)10-9(13)16-8-3-1-2-6-18(8)10/h1-6H,(H,14,15,17). The van der Waals surface area contributed by atoms with E-state index in [0.717, 1.165) is 0 Å². The Morgan fingerprint density at radius 1 is 1.14 bits per heavy atom. The van der Waals surface area contributed by atoms with Crippen LogP contribution < -0.4 is 4.72 Å². The zero-order valence-electron chi connectivity index (χ0n) is 10.2. The number of hydrogen-bond acceptors (Lipinski definition) is 5. The van der Waals surface area contributed by atoms with Gasteiger partial charge in [0.1, 0.15) is 10.8 Å². The van der Waals surface area contributed by atoms with Crippen LogP contribution in [0, 0.1) is 0 Å². The third kappa shape index (κ3) is 2.65. The van der Waals surface area contributed by atoms with E-state index in [-0.39, 0.29) is 21.3 Å². The van der Waals surface area contributed by atoms with Crippen molar-refractivity contribution >= 4 is 44.8 Å². The fourth-order valence-corrected chi connectivity index (χ4v) is 3.47. The van der Waals surface area contributed by atoms with Gasteiger partial charge in [-0.25, -0.2) is 19.7 Å². The van der Waals surface area contributed by atoms with Crippen LogP contribution in [-0.4, -0.2) is 27.8 Å². The van der Waals surface area contributed by atoms with Gasteiger partial charge in [0.25, 0.3) is 10.0 Å². The number of anilines is 1. The predicted molar refractivity (Wildman–Crippen MR) is 78.1 cm³/mol. The Morgan fingerprint density at radius 3 is 2.71 bits per heavy atom. The Kier molecular flexibility index (Phi) is 3.44. The van der Waals surface area contributed by atoms with E-state index in [0.29, 0.717) is 5.65 Å². The highest BCUT2D eigenvalue weighted by Crippen LogP contribution is 2.24. The molecule has 7 nitrogen and oxygen atoms in total. The zero-order valence-corrected chi connectivity index (χ0v) is 12.6. The Hall–Kier alpha value is -1.90. The molecule has 0 aromatic carbocycles. The van der Waals surface area contributed by atoms with Gasteiger partial charge in [-0.05, 0) is 18.2 Å². The molecule has 3 heterocycles. The second kappa shape index (κ2) is 5.14. The zero-order chi connectivity index (χ0) is 15.0. The van der Waals surface area contributed by atoms with Gasteiger partial charge in [0.05, 0.1) is 0 Å². The van der Waals surface area contributed by atoms with Crippen molar-refractivity contribution in [1.82, 2.24) is 19.4 Å². The fraction of sp³-hybridized carbons (Fsp3) is 0. The average molecular weight is 344 g/mol. The maximum absolute atomic E-state index is 12.4. The van der Waals surface area contributed by atoms with E-state index < -0.39 is 10.0 Å². The molecule has 0 aliphatic carbocycles. The second-order valence-corrected chi connectivity index (χ2v) is 6.29. The van der Waals surface area contributed by atoms with E-state index in [9.17, 15) is 8.42 Å². The molecule has 3 aromatic rings. The topological polar surface area (TPSA) is 89.2 Å². The summed E-state index contributed by atoms with van der Waals surface area (Å²) in [5, 5.41) is -0.217. The lowest BCUT2D eigenvalue weighted by atomic mass is 10.5. The number of rotatable bonds is 3. The second-order valence-electron chi connectivity index (χ2n) is 3.95. The molecule has 0 fully saturated rings. The molecule has 21 heavy (non-hydrogen) atoms. The largest absolute Gasteiger partial charge is 0.288 e. The maximum Gasteiger partial charge on any atom is 0.283 e. The number of nitrogens with zero attached hydrogens (tertiary/aromatic N) is 4. The number of sulfonamides is 1. The van der Waals surface area contributed by atoms with Crippen molar-refractivity contribution in [2.75, 3.05) is 4.72 Å². The number of pyridine rings is 1. The highest BCUT2D eigenvalue weighted by molar-refractivity contribution is 7.92. The van der Waals surface area contributed by atoms with Gasteiger partial charge in [-0.2, -0.15) is 8.42 Å². The Morgan fingerprint density at radius 2 is 1.95 bits per heavy atom. The molecule has 0 spiro atoms. The summed E-state index contributed by atoms with van der Waals surface area (Å²) < 4.78 is 28.4. The summed E-state index contributed by atoms with van der Waals surface area (Å²) in [5.41, 5.74) is 0.412. The summed E-state index contributed by atoms with van der Waals surface area (Å²) in [6.07, 6.45) is 2.88. The van der Waals surface area contributed by atoms with Crippen LogP contribution in [0.5, 0.6) is 0 Å². The first-order valence-corrected chi connectivity index (χ1v) is 7.85. The van der Waals surface area contributed by atoms with Crippen LogP contribution >= 0.6 is 23.2 Å². The van der Waals surface area contributed by atoms with E-state index >= 15 is 0 Å². The summed E-state index contributed by atoms with van der Waals surface area (Å²) in [4.78, 5) is 11.5. The minimum atomic E-state index is -4.01. The van der Waals surface area contributed by atoms with Crippen LogP contribution in [-0.2, 0) is 10.0 Å². The molecular formula is C11H7Cl2N5O2S. The van der Waals surface area contributed by atoms with Crippen molar-refractivity contribution in [3.63, 3.8) is 0 Å². The van der Waals surface area contributed by atoms with Gasteiger partial charge in [-0.3, -0.25) is 4.40 Å². The molecule has 3 rings (SSSR count). The lowest BCUT2D eigenvalue weighted by Crippen LogP contribution is -2.17. The molecule has 0 amide bonds. The summed E-state index contributed by atoms with van der Waals surface area (Å²) >= 11 is 11.6. The number of fused-ring (bicyclic) bond motifs is 1. The number of nitrogens with one attached hydrogen (secondary N) is 1. The van der Waals surface area contributed by atoms with Gasteiger partial charge >= 0.3 is 0 Å². The van der Waals surface area contributed by atoms with Crippen LogP contribution in [0.3, 0.4) is 0 Å². The maximum atomic E-state index is 12.4. The lowest BCUT2D eigenvalue weighted by molar-refractivity contribution is 0.596. The minimum absolute atomic E-state index is 0.118. The summed E-state index contributed by atoms with van der Waals surface area (Å²) in [5.74, 6) is -0.149. The quantitative estimate of drug-likeness (QED) is 0.736. The van der Waals surface area contributed by atoms with E-state index in [2.05, 4.69) is 19.7 Å². The van der Waals surface area contributed by atoms with Crippen LogP contribution in [0.1, 0.15) is 0 Å². The number of halogens is 2. The molecule has 3 aromatic heterocycles. The van der Waals surface area contributed by atoms with Gasteiger partial charge in [0, 0.05) is 12.4 Å². The Bertz CT molecular complexity index is 925. The highest BCUT2D eigenvalue weighted by Gasteiger charge is 2.25. The minimum Gasteiger partial charge on any atom is -0.288 e. The van der Waals surface area contributed by atoms with Gasteiger partial charge in [0.2, 0.25) is 5.95 Å². The van der Waals surface area contributed by atoms with Crippen LogP contribution in [0.15, 0.2) is 41.7 Å². The van der Waals surface area contributed by atoms with E-state index in [1.807, 2.05) is 0 Å². The molecule has 1 N–H and O–H groups in total.